The Morgan fingerprint density at radius 3 is 1.90 bits per heavy atom. The second-order valence-corrected chi connectivity index (χ2v) is 5.60. The second-order valence-electron chi connectivity index (χ2n) is 5.60. The molecule has 5 heteroatoms. The topological polar surface area (TPSA) is 91.7 Å². The molecular formula is C16H20O5. The van der Waals surface area contributed by atoms with E-state index < -0.39 is 23.3 Å². The average Bonchev–Trinajstić information content (AvgIpc) is 2.43. The first kappa shape index (κ1) is 16.9. The van der Waals surface area contributed by atoms with Crippen molar-refractivity contribution in [2.75, 3.05) is 0 Å². The van der Waals surface area contributed by atoms with Gasteiger partial charge in [0.2, 0.25) is 0 Å². The average molecular weight is 292 g/mol. The van der Waals surface area contributed by atoms with Gasteiger partial charge in [-0.15, -0.1) is 0 Å². The summed E-state index contributed by atoms with van der Waals surface area (Å²) in [6, 6.07) is 8.47. The van der Waals surface area contributed by atoms with Crippen molar-refractivity contribution in [3.8, 4) is 0 Å². The molecule has 1 aromatic rings. The lowest BCUT2D eigenvalue weighted by atomic mass is 9.70. The fourth-order valence-corrected chi connectivity index (χ4v) is 2.17. The molecule has 0 saturated heterocycles. The van der Waals surface area contributed by atoms with Crippen molar-refractivity contribution < 1.29 is 24.6 Å². The summed E-state index contributed by atoms with van der Waals surface area (Å²) in [5.74, 6) is -4.23. The molecule has 114 valence electrons. The minimum Gasteiger partial charge on any atom is -0.480 e. The third-order valence-corrected chi connectivity index (χ3v) is 3.84. The third kappa shape index (κ3) is 3.48. The first-order chi connectivity index (χ1) is 9.71. The van der Waals surface area contributed by atoms with Gasteiger partial charge in [0.25, 0.3) is 0 Å². The molecule has 1 atom stereocenters. The standard InChI is InChI=1S/C16H20O5/c1-10(2)13(17)9-12(11-7-5-4-6-8-11)16(3,14(18)19)15(20)21/h4-8,10,12H,9H2,1-3H3,(H,18,19)(H,20,21). The zero-order valence-corrected chi connectivity index (χ0v) is 12.4. The molecule has 0 aliphatic heterocycles. The van der Waals surface area contributed by atoms with E-state index in [9.17, 15) is 24.6 Å². The maximum Gasteiger partial charge on any atom is 0.321 e. The van der Waals surface area contributed by atoms with Crippen molar-refractivity contribution in [3.05, 3.63) is 35.9 Å². The SMILES string of the molecule is CC(C)C(=O)CC(c1ccccc1)C(C)(C(=O)O)C(=O)O. The van der Waals surface area contributed by atoms with Crippen LogP contribution in [0.25, 0.3) is 0 Å². The molecule has 0 aliphatic rings. The van der Waals surface area contributed by atoms with E-state index in [1.54, 1.807) is 44.2 Å². The van der Waals surface area contributed by atoms with E-state index >= 15 is 0 Å². The number of carbonyl (C=O) groups is 3. The van der Waals surface area contributed by atoms with Crippen molar-refractivity contribution in [1.82, 2.24) is 0 Å². The van der Waals surface area contributed by atoms with Gasteiger partial charge >= 0.3 is 11.9 Å². The van der Waals surface area contributed by atoms with Gasteiger partial charge in [0.05, 0.1) is 0 Å². The lowest BCUT2D eigenvalue weighted by molar-refractivity contribution is -0.165. The van der Waals surface area contributed by atoms with Crippen LogP contribution in [0.5, 0.6) is 0 Å². The number of carboxylic acid groups (broad SMARTS) is 2. The summed E-state index contributed by atoms with van der Waals surface area (Å²) < 4.78 is 0. The molecule has 2 N–H and O–H groups in total. The van der Waals surface area contributed by atoms with Gasteiger partial charge in [-0.05, 0) is 12.5 Å². The molecular weight excluding hydrogens is 272 g/mol. The summed E-state index contributed by atoms with van der Waals surface area (Å²) in [7, 11) is 0. The van der Waals surface area contributed by atoms with Crippen LogP contribution in [0.15, 0.2) is 30.3 Å². The first-order valence-electron chi connectivity index (χ1n) is 6.75. The van der Waals surface area contributed by atoms with Crippen LogP contribution in [0.4, 0.5) is 0 Å². The number of Topliss-reactive ketones (excluding diaryl/α,β-unsaturated/α-hetero) is 1. The molecule has 0 amide bonds. The highest BCUT2D eigenvalue weighted by Crippen LogP contribution is 2.40. The number of aliphatic carboxylic acids is 2. The molecule has 0 heterocycles. The van der Waals surface area contributed by atoms with Gasteiger partial charge < -0.3 is 10.2 Å². The fourth-order valence-electron chi connectivity index (χ4n) is 2.17. The van der Waals surface area contributed by atoms with Crippen LogP contribution in [-0.2, 0) is 14.4 Å². The number of hydrogen-bond donors (Lipinski definition) is 2. The lowest BCUT2D eigenvalue weighted by Gasteiger charge is -2.30. The van der Waals surface area contributed by atoms with Crippen LogP contribution in [0.1, 0.15) is 38.7 Å². The molecule has 0 bridgehead atoms. The zero-order chi connectivity index (χ0) is 16.2. The quantitative estimate of drug-likeness (QED) is 0.753. The molecule has 5 nitrogen and oxygen atoms in total. The van der Waals surface area contributed by atoms with Crippen LogP contribution >= 0.6 is 0 Å². The van der Waals surface area contributed by atoms with Crippen LogP contribution < -0.4 is 0 Å². The molecule has 1 rings (SSSR count). The predicted octanol–water partition coefficient (Wildman–Crippen LogP) is 2.56. The van der Waals surface area contributed by atoms with Gasteiger partial charge in [-0.2, -0.15) is 0 Å². The Morgan fingerprint density at radius 1 is 1.05 bits per heavy atom. The van der Waals surface area contributed by atoms with Crippen LogP contribution in [-0.4, -0.2) is 27.9 Å². The zero-order valence-electron chi connectivity index (χ0n) is 12.4. The summed E-state index contributed by atoms with van der Waals surface area (Å²) in [6.07, 6.45) is -0.114. The van der Waals surface area contributed by atoms with Crippen molar-refractivity contribution in [2.45, 2.75) is 33.1 Å². The Labute approximate surface area is 123 Å². The van der Waals surface area contributed by atoms with Crippen molar-refractivity contribution in [3.63, 3.8) is 0 Å². The Bertz CT molecular complexity index is 519. The first-order valence-corrected chi connectivity index (χ1v) is 6.75. The summed E-state index contributed by atoms with van der Waals surface area (Å²) in [6.45, 7) is 4.58. The Balaban J connectivity index is 3.34. The Hall–Kier alpha value is -2.17. The maximum atomic E-state index is 12.0. The van der Waals surface area contributed by atoms with Crippen LogP contribution in [0, 0.1) is 11.3 Å². The van der Waals surface area contributed by atoms with E-state index in [0.29, 0.717) is 5.56 Å². The van der Waals surface area contributed by atoms with E-state index in [0.717, 1.165) is 6.92 Å². The van der Waals surface area contributed by atoms with Crippen LogP contribution in [0.2, 0.25) is 0 Å². The van der Waals surface area contributed by atoms with Crippen molar-refractivity contribution >= 4 is 17.7 Å². The summed E-state index contributed by atoms with van der Waals surface area (Å²) in [4.78, 5) is 35.1. The minimum atomic E-state index is -2.05. The van der Waals surface area contributed by atoms with Gasteiger partial charge in [-0.1, -0.05) is 44.2 Å². The highest BCUT2D eigenvalue weighted by Gasteiger charge is 2.50. The highest BCUT2D eigenvalue weighted by atomic mass is 16.4. The Morgan fingerprint density at radius 2 is 1.52 bits per heavy atom. The van der Waals surface area contributed by atoms with Crippen molar-refractivity contribution in [1.29, 1.82) is 0 Å². The number of ketones is 1. The number of carbonyl (C=O) groups excluding carboxylic acids is 1. The molecule has 0 aromatic heterocycles. The van der Waals surface area contributed by atoms with E-state index in [-0.39, 0.29) is 18.1 Å². The van der Waals surface area contributed by atoms with Gasteiger partial charge in [0, 0.05) is 18.3 Å². The van der Waals surface area contributed by atoms with Gasteiger partial charge in [0.1, 0.15) is 5.78 Å². The van der Waals surface area contributed by atoms with E-state index in [1.165, 1.54) is 0 Å². The molecule has 0 aliphatic carbocycles. The highest BCUT2D eigenvalue weighted by molar-refractivity contribution is 6.00. The molecule has 0 radical (unpaired) electrons. The Kier molecular flexibility index (Phi) is 5.24. The van der Waals surface area contributed by atoms with Crippen LogP contribution in [0.3, 0.4) is 0 Å². The van der Waals surface area contributed by atoms with Gasteiger partial charge in [0.15, 0.2) is 5.41 Å². The lowest BCUT2D eigenvalue weighted by Crippen LogP contribution is -2.43. The monoisotopic (exact) mass is 292 g/mol. The number of carboxylic acids is 2. The summed E-state index contributed by atoms with van der Waals surface area (Å²) in [5, 5.41) is 18.8. The van der Waals surface area contributed by atoms with E-state index in [1.807, 2.05) is 0 Å². The molecule has 0 saturated carbocycles. The number of rotatable bonds is 7. The maximum absolute atomic E-state index is 12.0. The normalized spacial score (nSPS) is 13.0. The van der Waals surface area contributed by atoms with Crippen molar-refractivity contribution in [2.24, 2.45) is 11.3 Å². The third-order valence-electron chi connectivity index (χ3n) is 3.84. The smallest absolute Gasteiger partial charge is 0.321 e. The molecule has 21 heavy (non-hydrogen) atoms. The minimum absolute atomic E-state index is 0.114. The number of benzene rings is 1. The fraction of sp³-hybridized carbons (Fsp3) is 0.438. The molecule has 1 aromatic carbocycles. The largest absolute Gasteiger partial charge is 0.480 e. The van der Waals surface area contributed by atoms with E-state index in [2.05, 4.69) is 0 Å². The summed E-state index contributed by atoms with van der Waals surface area (Å²) in [5.41, 5.74) is -1.51. The number of hydrogen-bond acceptors (Lipinski definition) is 3. The van der Waals surface area contributed by atoms with Gasteiger partial charge in [-0.25, -0.2) is 0 Å². The summed E-state index contributed by atoms with van der Waals surface area (Å²) >= 11 is 0. The van der Waals surface area contributed by atoms with Gasteiger partial charge in [-0.3, -0.25) is 14.4 Å². The van der Waals surface area contributed by atoms with E-state index in [4.69, 9.17) is 0 Å². The molecule has 1 unspecified atom stereocenters. The predicted molar refractivity (Wildman–Crippen MR) is 77.0 cm³/mol. The second kappa shape index (κ2) is 6.52. The molecule has 0 fully saturated rings. The molecule has 0 spiro atoms.